The van der Waals surface area contributed by atoms with E-state index in [1.165, 1.54) is 11.3 Å². The van der Waals surface area contributed by atoms with Crippen LogP contribution in [-0.4, -0.2) is 15.0 Å². The summed E-state index contributed by atoms with van der Waals surface area (Å²) in [6, 6.07) is 0. The molecular formula is C5H3N3OS2. The molecule has 0 aliphatic rings. The van der Waals surface area contributed by atoms with Gasteiger partial charge in [0.05, 0.1) is 5.51 Å². The molecule has 2 N–H and O–H groups in total. The Morgan fingerprint density at radius 3 is 3.18 bits per heavy atom. The molecule has 0 spiro atoms. The summed E-state index contributed by atoms with van der Waals surface area (Å²) in [4.78, 5) is 20.9. The first-order chi connectivity index (χ1) is 5.27. The molecule has 2 aromatic heterocycles. The number of fused-ring (bicyclic) bond motifs is 1. The van der Waals surface area contributed by atoms with Gasteiger partial charge in [-0.25, -0.2) is 4.98 Å². The van der Waals surface area contributed by atoms with Crippen LogP contribution in [0.1, 0.15) is 0 Å². The zero-order chi connectivity index (χ0) is 7.84. The molecule has 0 aliphatic heterocycles. The fraction of sp³-hybridized carbons (Fsp3) is 0. The molecule has 0 radical (unpaired) electrons. The standard InChI is InChI=1S/C5H3N3OS2/c9-3-2-4(11-1-6-2)8-5(10)7-3/h1H,(H2,7,8,9,10). The number of nitrogens with one attached hydrogen (secondary N) is 2. The second-order valence-corrected chi connectivity index (χ2v) is 3.20. The molecule has 11 heavy (non-hydrogen) atoms. The molecule has 0 bridgehead atoms. The van der Waals surface area contributed by atoms with Gasteiger partial charge in [0.25, 0.3) is 5.56 Å². The zero-order valence-corrected chi connectivity index (χ0v) is 6.88. The largest absolute Gasteiger partial charge is 0.322 e. The quantitative estimate of drug-likeness (QED) is 0.603. The first-order valence-corrected chi connectivity index (χ1v) is 4.12. The SMILES string of the molecule is O=c1[nH]c(=S)[nH]c2scnc12. The fourth-order valence-corrected chi connectivity index (χ4v) is 1.73. The van der Waals surface area contributed by atoms with E-state index in [9.17, 15) is 4.79 Å². The zero-order valence-electron chi connectivity index (χ0n) is 5.25. The Morgan fingerprint density at radius 2 is 2.36 bits per heavy atom. The normalized spacial score (nSPS) is 10.5. The van der Waals surface area contributed by atoms with Crippen LogP contribution in [0, 0.1) is 4.77 Å². The summed E-state index contributed by atoms with van der Waals surface area (Å²) in [6.45, 7) is 0. The van der Waals surface area contributed by atoms with Gasteiger partial charge in [0.2, 0.25) is 0 Å². The lowest BCUT2D eigenvalue weighted by molar-refractivity contribution is 1.13. The minimum atomic E-state index is -0.231. The molecule has 0 aromatic carbocycles. The van der Waals surface area contributed by atoms with Crippen molar-refractivity contribution in [3.05, 3.63) is 20.6 Å². The molecule has 2 rings (SSSR count). The molecule has 0 aliphatic carbocycles. The van der Waals surface area contributed by atoms with Gasteiger partial charge in [-0.15, -0.1) is 11.3 Å². The van der Waals surface area contributed by atoms with Crippen molar-refractivity contribution >= 4 is 33.9 Å². The summed E-state index contributed by atoms with van der Waals surface area (Å²) >= 11 is 6.12. The molecule has 2 aromatic rings. The number of aromatic nitrogens is 3. The van der Waals surface area contributed by atoms with Crippen molar-refractivity contribution in [1.29, 1.82) is 0 Å². The molecule has 0 fully saturated rings. The number of hydrogen-bond acceptors (Lipinski definition) is 4. The molecular weight excluding hydrogens is 182 g/mol. The molecule has 0 unspecified atom stereocenters. The van der Waals surface area contributed by atoms with Crippen molar-refractivity contribution in [2.45, 2.75) is 0 Å². The van der Waals surface area contributed by atoms with Crippen molar-refractivity contribution in [1.82, 2.24) is 15.0 Å². The van der Waals surface area contributed by atoms with Gasteiger partial charge in [-0.05, 0) is 12.2 Å². The number of H-pyrrole nitrogens is 2. The first-order valence-electron chi connectivity index (χ1n) is 2.83. The monoisotopic (exact) mass is 185 g/mol. The van der Waals surface area contributed by atoms with E-state index >= 15 is 0 Å². The number of rotatable bonds is 0. The van der Waals surface area contributed by atoms with Gasteiger partial charge in [0, 0.05) is 0 Å². The fourth-order valence-electron chi connectivity index (χ4n) is 0.793. The average Bonchev–Trinajstić information content (AvgIpc) is 2.34. The highest BCUT2D eigenvalue weighted by molar-refractivity contribution is 7.71. The van der Waals surface area contributed by atoms with Gasteiger partial charge in [-0.1, -0.05) is 0 Å². The van der Waals surface area contributed by atoms with Gasteiger partial charge in [-0.3, -0.25) is 9.78 Å². The minimum absolute atomic E-state index is 0.231. The van der Waals surface area contributed by atoms with Crippen LogP contribution >= 0.6 is 23.6 Å². The maximum absolute atomic E-state index is 11.1. The number of hydrogen-bond donors (Lipinski definition) is 2. The Hall–Kier alpha value is -1.01. The molecule has 0 amide bonds. The lowest BCUT2D eigenvalue weighted by atomic mass is 10.6. The molecule has 6 heteroatoms. The number of nitrogens with zero attached hydrogens (tertiary/aromatic N) is 1. The Labute approximate surface area is 69.9 Å². The van der Waals surface area contributed by atoms with Crippen LogP contribution in [0.2, 0.25) is 0 Å². The summed E-state index contributed by atoms with van der Waals surface area (Å²) in [6.07, 6.45) is 0. The minimum Gasteiger partial charge on any atom is -0.322 e. The molecule has 0 saturated carbocycles. The lowest BCUT2D eigenvalue weighted by Gasteiger charge is -1.85. The van der Waals surface area contributed by atoms with E-state index in [0.29, 0.717) is 10.3 Å². The smallest absolute Gasteiger partial charge is 0.279 e. The second kappa shape index (κ2) is 2.24. The van der Waals surface area contributed by atoms with Crippen LogP contribution in [0.4, 0.5) is 0 Å². The predicted molar refractivity (Wildman–Crippen MR) is 45.4 cm³/mol. The van der Waals surface area contributed by atoms with Crippen LogP contribution in [0.3, 0.4) is 0 Å². The number of aromatic amines is 2. The van der Waals surface area contributed by atoms with Crippen LogP contribution in [-0.2, 0) is 0 Å². The third-order valence-electron chi connectivity index (χ3n) is 1.24. The average molecular weight is 185 g/mol. The maximum Gasteiger partial charge on any atom is 0.279 e. The van der Waals surface area contributed by atoms with E-state index in [1.807, 2.05) is 0 Å². The summed E-state index contributed by atoms with van der Waals surface area (Å²) < 4.78 is 0.340. The molecule has 2 heterocycles. The molecule has 56 valence electrons. The van der Waals surface area contributed by atoms with Gasteiger partial charge in [0.1, 0.15) is 4.83 Å². The van der Waals surface area contributed by atoms with E-state index in [1.54, 1.807) is 5.51 Å². The van der Waals surface area contributed by atoms with Gasteiger partial charge in [0.15, 0.2) is 10.3 Å². The maximum atomic E-state index is 11.1. The Morgan fingerprint density at radius 1 is 1.55 bits per heavy atom. The molecule has 0 atom stereocenters. The van der Waals surface area contributed by atoms with Gasteiger partial charge >= 0.3 is 0 Å². The topological polar surface area (TPSA) is 61.5 Å². The van der Waals surface area contributed by atoms with Crippen molar-refractivity contribution in [2.24, 2.45) is 0 Å². The molecule has 4 nitrogen and oxygen atoms in total. The van der Waals surface area contributed by atoms with E-state index in [-0.39, 0.29) is 5.56 Å². The molecule has 0 saturated heterocycles. The Kier molecular flexibility index (Phi) is 1.36. The lowest BCUT2D eigenvalue weighted by Crippen LogP contribution is -2.06. The van der Waals surface area contributed by atoms with Crippen molar-refractivity contribution in [2.75, 3.05) is 0 Å². The predicted octanol–water partition coefficient (Wildman–Crippen LogP) is 1.04. The summed E-state index contributed by atoms with van der Waals surface area (Å²) in [5.74, 6) is 0. The van der Waals surface area contributed by atoms with E-state index in [0.717, 1.165) is 4.83 Å². The third kappa shape index (κ3) is 0.997. The number of thiazole rings is 1. The van der Waals surface area contributed by atoms with Crippen molar-refractivity contribution in [3.63, 3.8) is 0 Å². The highest BCUT2D eigenvalue weighted by Gasteiger charge is 1.99. The van der Waals surface area contributed by atoms with Crippen LogP contribution in [0.25, 0.3) is 10.3 Å². The van der Waals surface area contributed by atoms with Crippen LogP contribution < -0.4 is 5.56 Å². The highest BCUT2D eigenvalue weighted by atomic mass is 32.1. The third-order valence-corrected chi connectivity index (χ3v) is 2.18. The Bertz CT molecular complexity index is 494. The van der Waals surface area contributed by atoms with Crippen LogP contribution in [0.5, 0.6) is 0 Å². The van der Waals surface area contributed by atoms with Gasteiger partial charge in [-0.2, -0.15) is 0 Å². The first kappa shape index (κ1) is 6.68. The van der Waals surface area contributed by atoms with Crippen LogP contribution in [0.15, 0.2) is 10.3 Å². The van der Waals surface area contributed by atoms with E-state index in [2.05, 4.69) is 15.0 Å². The Balaban J connectivity index is 3.15. The highest BCUT2D eigenvalue weighted by Crippen LogP contribution is 2.08. The second-order valence-electron chi connectivity index (χ2n) is 1.94. The van der Waals surface area contributed by atoms with Crippen molar-refractivity contribution < 1.29 is 0 Å². The van der Waals surface area contributed by atoms with E-state index < -0.39 is 0 Å². The van der Waals surface area contributed by atoms with Crippen molar-refractivity contribution in [3.8, 4) is 0 Å². The summed E-state index contributed by atoms with van der Waals surface area (Å²) in [7, 11) is 0. The summed E-state index contributed by atoms with van der Waals surface area (Å²) in [5, 5.41) is 0. The summed E-state index contributed by atoms with van der Waals surface area (Å²) in [5.41, 5.74) is 1.79. The van der Waals surface area contributed by atoms with E-state index in [4.69, 9.17) is 12.2 Å². The van der Waals surface area contributed by atoms with Gasteiger partial charge < -0.3 is 4.98 Å².